The second-order valence-electron chi connectivity index (χ2n) is 7.38. The van der Waals surface area contributed by atoms with Crippen LogP contribution < -0.4 is 15.4 Å². The third-order valence-corrected chi connectivity index (χ3v) is 7.32. The molecule has 4 aromatic rings. The Morgan fingerprint density at radius 3 is 2.58 bits per heavy atom. The Balaban J connectivity index is 1.56. The van der Waals surface area contributed by atoms with Crippen molar-refractivity contribution in [1.29, 1.82) is 0 Å². The van der Waals surface area contributed by atoms with Crippen LogP contribution >= 0.6 is 58.2 Å². The normalized spacial score (nSPS) is 10.8. The van der Waals surface area contributed by atoms with Crippen molar-refractivity contribution in [3.63, 3.8) is 0 Å². The van der Waals surface area contributed by atoms with Crippen LogP contribution in [0.1, 0.15) is 11.4 Å². The predicted molar refractivity (Wildman–Crippen MR) is 146 cm³/mol. The molecule has 1 heterocycles. The van der Waals surface area contributed by atoms with E-state index in [0.29, 0.717) is 43.2 Å². The highest BCUT2D eigenvalue weighted by Gasteiger charge is 2.18. The number of halogens is 4. The van der Waals surface area contributed by atoms with Crippen molar-refractivity contribution < 1.29 is 9.53 Å². The molecule has 0 aliphatic carbocycles. The van der Waals surface area contributed by atoms with Gasteiger partial charge < -0.3 is 15.4 Å². The summed E-state index contributed by atoms with van der Waals surface area (Å²) in [5, 5.41) is 16.2. The van der Waals surface area contributed by atoms with E-state index in [9.17, 15) is 4.79 Å². The zero-order valence-corrected chi connectivity index (χ0v) is 22.6. The second kappa shape index (κ2) is 12.1. The lowest BCUT2D eigenvalue weighted by Gasteiger charge is -2.13. The molecular weight excluding hydrogens is 564 g/mol. The predicted octanol–water partition coefficient (Wildman–Crippen LogP) is 7.50. The first kappa shape index (κ1) is 26.4. The molecular formula is C24H19Cl4N5O2S. The minimum absolute atomic E-state index is 0.0652. The van der Waals surface area contributed by atoms with E-state index in [1.54, 1.807) is 48.1 Å². The van der Waals surface area contributed by atoms with E-state index in [1.165, 1.54) is 11.8 Å². The SMILES string of the molecule is COc1cccc(CSc2nnc(CNC(=O)Nc3cccc(Cl)c3Cl)n2-c2ccc(Cl)cc2Cl)c1. The van der Waals surface area contributed by atoms with E-state index >= 15 is 0 Å². The fourth-order valence-electron chi connectivity index (χ4n) is 3.25. The fraction of sp³-hybridized carbons (Fsp3) is 0.125. The number of hydrogen-bond donors (Lipinski definition) is 2. The van der Waals surface area contributed by atoms with Gasteiger partial charge in [0.15, 0.2) is 11.0 Å². The lowest BCUT2D eigenvalue weighted by molar-refractivity contribution is 0.251. The van der Waals surface area contributed by atoms with E-state index in [-0.39, 0.29) is 11.6 Å². The van der Waals surface area contributed by atoms with Crippen molar-refractivity contribution in [2.45, 2.75) is 17.5 Å². The molecule has 0 aliphatic heterocycles. The van der Waals surface area contributed by atoms with Crippen LogP contribution in [0, 0.1) is 0 Å². The van der Waals surface area contributed by atoms with Gasteiger partial charge in [0.2, 0.25) is 0 Å². The lowest BCUT2D eigenvalue weighted by atomic mass is 10.2. The van der Waals surface area contributed by atoms with Crippen LogP contribution in [0.2, 0.25) is 20.1 Å². The number of thioether (sulfide) groups is 1. The quantitative estimate of drug-likeness (QED) is 0.210. The smallest absolute Gasteiger partial charge is 0.319 e. The molecule has 7 nitrogen and oxygen atoms in total. The molecule has 0 radical (unpaired) electrons. The maximum Gasteiger partial charge on any atom is 0.319 e. The summed E-state index contributed by atoms with van der Waals surface area (Å²) in [6.45, 7) is 0.0652. The van der Waals surface area contributed by atoms with Crippen molar-refractivity contribution >= 4 is 69.9 Å². The highest BCUT2D eigenvalue weighted by atomic mass is 35.5. The number of methoxy groups -OCH3 is 1. The molecule has 0 spiro atoms. The zero-order valence-electron chi connectivity index (χ0n) is 18.8. The first-order valence-electron chi connectivity index (χ1n) is 10.5. The lowest BCUT2D eigenvalue weighted by Crippen LogP contribution is -2.29. The van der Waals surface area contributed by atoms with Crippen molar-refractivity contribution in [3.8, 4) is 11.4 Å². The molecule has 4 rings (SSSR count). The molecule has 0 bridgehead atoms. The van der Waals surface area contributed by atoms with Gasteiger partial charge in [-0.2, -0.15) is 0 Å². The number of benzene rings is 3. The minimum Gasteiger partial charge on any atom is -0.497 e. The van der Waals surface area contributed by atoms with Gasteiger partial charge in [-0.15, -0.1) is 10.2 Å². The largest absolute Gasteiger partial charge is 0.497 e. The summed E-state index contributed by atoms with van der Waals surface area (Å²) in [7, 11) is 1.63. The molecule has 0 unspecified atom stereocenters. The zero-order chi connectivity index (χ0) is 25.7. The van der Waals surface area contributed by atoms with E-state index < -0.39 is 6.03 Å². The van der Waals surface area contributed by atoms with Crippen LogP contribution in [0.15, 0.2) is 65.8 Å². The van der Waals surface area contributed by atoms with Gasteiger partial charge in [-0.05, 0) is 48.0 Å². The highest BCUT2D eigenvalue weighted by Crippen LogP contribution is 2.32. The Kier molecular flexibility index (Phi) is 8.87. The van der Waals surface area contributed by atoms with Crippen LogP contribution in [0.4, 0.5) is 10.5 Å². The van der Waals surface area contributed by atoms with Gasteiger partial charge in [0, 0.05) is 10.8 Å². The van der Waals surface area contributed by atoms with E-state index in [4.69, 9.17) is 51.1 Å². The summed E-state index contributed by atoms with van der Waals surface area (Å²) in [5.74, 6) is 1.85. The monoisotopic (exact) mass is 581 g/mol. The van der Waals surface area contributed by atoms with Crippen molar-refractivity contribution in [1.82, 2.24) is 20.1 Å². The highest BCUT2D eigenvalue weighted by molar-refractivity contribution is 7.98. The van der Waals surface area contributed by atoms with E-state index in [2.05, 4.69) is 20.8 Å². The van der Waals surface area contributed by atoms with Crippen LogP contribution in [-0.4, -0.2) is 27.9 Å². The Morgan fingerprint density at radius 1 is 1.00 bits per heavy atom. The molecule has 1 aromatic heterocycles. The number of urea groups is 1. The Bertz CT molecular complexity index is 1400. The molecule has 186 valence electrons. The topological polar surface area (TPSA) is 81.1 Å². The van der Waals surface area contributed by atoms with Gasteiger partial charge in [0.05, 0.1) is 40.1 Å². The number of nitrogens with one attached hydrogen (secondary N) is 2. The van der Waals surface area contributed by atoms with Crippen molar-refractivity contribution in [3.05, 3.63) is 92.1 Å². The van der Waals surface area contributed by atoms with Gasteiger partial charge in [-0.1, -0.05) is 76.4 Å². The number of amides is 2. The van der Waals surface area contributed by atoms with Crippen LogP contribution in [0.3, 0.4) is 0 Å². The summed E-state index contributed by atoms with van der Waals surface area (Å²) < 4.78 is 7.10. The van der Waals surface area contributed by atoms with Crippen LogP contribution in [0.25, 0.3) is 5.69 Å². The standard InChI is InChI=1S/C24H19Cl4N5O2S/c1-35-16-5-2-4-14(10-16)13-36-24-32-31-21(33(24)20-9-8-15(25)11-18(20)27)12-29-23(34)30-19-7-3-6-17(26)22(19)28/h2-11H,12-13H2,1H3,(H2,29,30,34). The van der Waals surface area contributed by atoms with Crippen LogP contribution in [0.5, 0.6) is 5.75 Å². The van der Waals surface area contributed by atoms with Crippen molar-refractivity contribution in [2.24, 2.45) is 0 Å². The number of rotatable bonds is 8. The number of carbonyl (C=O) groups is 1. The molecule has 0 saturated carbocycles. The maximum atomic E-state index is 12.5. The van der Waals surface area contributed by atoms with Gasteiger partial charge in [0.1, 0.15) is 5.75 Å². The number of ether oxygens (including phenoxy) is 1. The van der Waals surface area contributed by atoms with E-state index in [0.717, 1.165) is 11.3 Å². The van der Waals surface area contributed by atoms with E-state index in [1.807, 2.05) is 24.3 Å². The second-order valence-corrected chi connectivity index (χ2v) is 9.95. The Morgan fingerprint density at radius 2 is 1.81 bits per heavy atom. The first-order chi connectivity index (χ1) is 17.4. The summed E-state index contributed by atoms with van der Waals surface area (Å²) >= 11 is 26.3. The molecule has 3 aromatic carbocycles. The van der Waals surface area contributed by atoms with Gasteiger partial charge in [0.25, 0.3) is 0 Å². The molecule has 0 saturated heterocycles. The first-order valence-corrected chi connectivity index (χ1v) is 13.0. The minimum atomic E-state index is -0.485. The third kappa shape index (κ3) is 6.38. The maximum absolute atomic E-state index is 12.5. The molecule has 12 heteroatoms. The number of carbonyl (C=O) groups excluding carboxylic acids is 1. The molecule has 0 aliphatic rings. The van der Waals surface area contributed by atoms with Gasteiger partial charge in [-0.3, -0.25) is 4.57 Å². The average molecular weight is 583 g/mol. The number of aromatic nitrogens is 3. The average Bonchev–Trinajstić information content (AvgIpc) is 3.27. The van der Waals surface area contributed by atoms with Crippen LogP contribution in [-0.2, 0) is 12.3 Å². The van der Waals surface area contributed by atoms with Gasteiger partial charge >= 0.3 is 6.03 Å². The molecule has 36 heavy (non-hydrogen) atoms. The molecule has 2 amide bonds. The van der Waals surface area contributed by atoms with Gasteiger partial charge in [-0.25, -0.2) is 4.79 Å². The summed E-state index contributed by atoms with van der Waals surface area (Å²) in [5.41, 5.74) is 2.07. The molecule has 0 fully saturated rings. The summed E-state index contributed by atoms with van der Waals surface area (Å²) in [4.78, 5) is 12.5. The Labute approximate surface area is 232 Å². The fourth-order valence-corrected chi connectivity index (χ4v) is 5.00. The third-order valence-electron chi connectivity index (χ3n) is 4.96. The Hall–Kier alpha value is -2.62. The molecule has 2 N–H and O–H groups in total. The summed E-state index contributed by atoms with van der Waals surface area (Å²) in [6, 6.07) is 17.4. The van der Waals surface area contributed by atoms with Crippen molar-refractivity contribution in [2.75, 3.05) is 12.4 Å². The number of nitrogens with zero attached hydrogens (tertiary/aromatic N) is 3. The number of anilines is 1. The number of hydrogen-bond acceptors (Lipinski definition) is 5. The molecule has 0 atom stereocenters. The summed E-state index contributed by atoms with van der Waals surface area (Å²) in [6.07, 6.45) is 0.